The maximum absolute atomic E-state index is 11.6. The number of rotatable bonds is 19. The second-order valence-corrected chi connectivity index (χ2v) is 8.00. The minimum Gasteiger partial charge on any atom is -0.466 e. The van der Waals surface area contributed by atoms with Crippen LogP contribution >= 0.6 is 0 Å². The van der Waals surface area contributed by atoms with E-state index in [0.717, 1.165) is 25.7 Å². The molecule has 0 aromatic rings. The standard InChI is InChI=1S/C24H44O3/c1-3-5-7-17-21-26-24(25)20-16-13-11-9-8-10-12-15-19-23-22(27-23)18-14-6-4-2/h12,15,22-23H,3-11,13-14,16-21H2,1-2H3/b15-12-. The van der Waals surface area contributed by atoms with E-state index in [9.17, 15) is 4.79 Å². The Balaban J connectivity index is 1.78. The predicted molar refractivity (Wildman–Crippen MR) is 114 cm³/mol. The molecule has 0 aliphatic carbocycles. The van der Waals surface area contributed by atoms with Crippen LogP contribution in [0.15, 0.2) is 12.2 Å². The Hall–Kier alpha value is -0.830. The van der Waals surface area contributed by atoms with Crippen LogP contribution in [0.1, 0.15) is 117 Å². The van der Waals surface area contributed by atoms with Crippen LogP contribution < -0.4 is 0 Å². The van der Waals surface area contributed by atoms with E-state index in [1.54, 1.807) is 0 Å². The Morgan fingerprint density at radius 1 is 0.815 bits per heavy atom. The van der Waals surface area contributed by atoms with Gasteiger partial charge in [-0.3, -0.25) is 4.79 Å². The molecule has 2 unspecified atom stereocenters. The molecule has 0 aromatic carbocycles. The van der Waals surface area contributed by atoms with E-state index >= 15 is 0 Å². The van der Waals surface area contributed by atoms with Gasteiger partial charge in [-0.25, -0.2) is 0 Å². The molecule has 158 valence electrons. The molecule has 1 aliphatic heterocycles. The molecule has 0 N–H and O–H groups in total. The van der Waals surface area contributed by atoms with E-state index in [1.165, 1.54) is 70.6 Å². The highest BCUT2D eigenvalue weighted by Crippen LogP contribution is 2.30. The molecule has 0 bridgehead atoms. The van der Waals surface area contributed by atoms with Crippen molar-refractivity contribution in [2.45, 2.75) is 129 Å². The summed E-state index contributed by atoms with van der Waals surface area (Å²) in [7, 11) is 0. The van der Waals surface area contributed by atoms with E-state index < -0.39 is 0 Å². The summed E-state index contributed by atoms with van der Waals surface area (Å²) in [6, 6.07) is 0. The first-order valence-corrected chi connectivity index (χ1v) is 11.7. The van der Waals surface area contributed by atoms with Crippen molar-refractivity contribution in [2.75, 3.05) is 6.61 Å². The van der Waals surface area contributed by atoms with E-state index in [1.807, 2.05) is 0 Å². The van der Waals surface area contributed by atoms with Gasteiger partial charge in [0.15, 0.2) is 0 Å². The van der Waals surface area contributed by atoms with Crippen molar-refractivity contribution in [3.63, 3.8) is 0 Å². The topological polar surface area (TPSA) is 38.8 Å². The summed E-state index contributed by atoms with van der Waals surface area (Å²) >= 11 is 0. The van der Waals surface area contributed by atoms with Crippen LogP contribution in [0.2, 0.25) is 0 Å². The zero-order chi connectivity index (χ0) is 19.6. The first-order chi connectivity index (χ1) is 13.3. The number of allylic oxidation sites excluding steroid dienone is 1. The molecule has 0 radical (unpaired) electrons. The average molecular weight is 381 g/mol. The van der Waals surface area contributed by atoms with Gasteiger partial charge in [0.2, 0.25) is 0 Å². The maximum atomic E-state index is 11.6. The fourth-order valence-electron chi connectivity index (χ4n) is 3.43. The minimum absolute atomic E-state index is 0.00951. The molecular weight excluding hydrogens is 336 g/mol. The van der Waals surface area contributed by atoms with Gasteiger partial charge < -0.3 is 9.47 Å². The Kier molecular flexibility index (Phi) is 15.5. The summed E-state index contributed by atoms with van der Waals surface area (Å²) in [5.41, 5.74) is 0. The maximum Gasteiger partial charge on any atom is 0.305 e. The van der Waals surface area contributed by atoms with Crippen molar-refractivity contribution in [1.29, 1.82) is 0 Å². The van der Waals surface area contributed by atoms with Gasteiger partial charge in [0.25, 0.3) is 0 Å². The van der Waals surface area contributed by atoms with Crippen molar-refractivity contribution >= 4 is 5.97 Å². The lowest BCUT2D eigenvalue weighted by Gasteiger charge is -2.04. The fraction of sp³-hybridized carbons (Fsp3) is 0.875. The van der Waals surface area contributed by atoms with Crippen LogP contribution in [-0.2, 0) is 14.3 Å². The van der Waals surface area contributed by atoms with Crippen molar-refractivity contribution in [3.8, 4) is 0 Å². The lowest BCUT2D eigenvalue weighted by atomic mass is 10.1. The number of hydrogen-bond donors (Lipinski definition) is 0. The van der Waals surface area contributed by atoms with Crippen LogP contribution in [0.25, 0.3) is 0 Å². The largest absolute Gasteiger partial charge is 0.466 e. The van der Waals surface area contributed by atoms with Crippen molar-refractivity contribution < 1.29 is 14.3 Å². The summed E-state index contributed by atoms with van der Waals surface area (Å²) in [5.74, 6) is -0.00951. The first-order valence-electron chi connectivity index (χ1n) is 11.7. The molecule has 1 heterocycles. The first kappa shape index (κ1) is 24.2. The summed E-state index contributed by atoms with van der Waals surface area (Å²) in [4.78, 5) is 11.6. The number of carbonyl (C=O) groups is 1. The SMILES string of the molecule is CCCCCCOC(=O)CCCCCCC/C=C\CC1OC1CCCCC. The highest BCUT2D eigenvalue weighted by molar-refractivity contribution is 5.69. The molecule has 27 heavy (non-hydrogen) atoms. The molecule has 0 aromatic heterocycles. The number of epoxide rings is 1. The van der Waals surface area contributed by atoms with Gasteiger partial charge in [-0.2, -0.15) is 0 Å². The highest BCUT2D eigenvalue weighted by Gasteiger charge is 2.36. The van der Waals surface area contributed by atoms with E-state index in [2.05, 4.69) is 26.0 Å². The smallest absolute Gasteiger partial charge is 0.305 e. The van der Waals surface area contributed by atoms with Gasteiger partial charge in [0.1, 0.15) is 0 Å². The van der Waals surface area contributed by atoms with Crippen molar-refractivity contribution in [2.24, 2.45) is 0 Å². The molecule has 1 aliphatic rings. The lowest BCUT2D eigenvalue weighted by molar-refractivity contribution is -0.143. The Labute approximate surface area is 168 Å². The second-order valence-electron chi connectivity index (χ2n) is 8.00. The number of ether oxygens (including phenoxy) is 2. The fourth-order valence-corrected chi connectivity index (χ4v) is 3.43. The average Bonchev–Trinajstić information content (AvgIpc) is 3.41. The van der Waals surface area contributed by atoms with Gasteiger partial charge in [0, 0.05) is 6.42 Å². The zero-order valence-electron chi connectivity index (χ0n) is 18.1. The second kappa shape index (κ2) is 17.3. The van der Waals surface area contributed by atoms with Gasteiger partial charge in [-0.15, -0.1) is 0 Å². The lowest BCUT2D eigenvalue weighted by Crippen LogP contribution is -2.05. The normalized spacial score (nSPS) is 18.9. The van der Waals surface area contributed by atoms with Crippen molar-refractivity contribution in [1.82, 2.24) is 0 Å². The van der Waals surface area contributed by atoms with Crippen LogP contribution in [-0.4, -0.2) is 24.8 Å². The van der Waals surface area contributed by atoms with Crippen molar-refractivity contribution in [3.05, 3.63) is 12.2 Å². The van der Waals surface area contributed by atoms with E-state index in [0.29, 0.717) is 25.2 Å². The molecule has 0 spiro atoms. The Morgan fingerprint density at radius 3 is 2.33 bits per heavy atom. The third kappa shape index (κ3) is 14.8. The Bertz CT molecular complexity index is 378. The van der Waals surface area contributed by atoms with Crippen LogP contribution in [0.5, 0.6) is 0 Å². The predicted octanol–water partition coefficient (Wildman–Crippen LogP) is 7.13. The number of unbranched alkanes of at least 4 members (excludes halogenated alkanes) is 10. The summed E-state index contributed by atoms with van der Waals surface area (Å²) < 4.78 is 11.0. The Morgan fingerprint density at radius 2 is 1.52 bits per heavy atom. The van der Waals surface area contributed by atoms with Gasteiger partial charge in [-0.1, -0.05) is 83.8 Å². The molecule has 1 fully saturated rings. The zero-order valence-corrected chi connectivity index (χ0v) is 18.1. The summed E-state index contributed by atoms with van der Waals surface area (Å²) in [6.45, 7) is 5.05. The van der Waals surface area contributed by atoms with Gasteiger partial charge >= 0.3 is 5.97 Å². The van der Waals surface area contributed by atoms with Crippen LogP contribution in [0, 0.1) is 0 Å². The van der Waals surface area contributed by atoms with Crippen LogP contribution in [0.4, 0.5) is 0 Å². The third-order valence-corrected chi connectivity index (χ3v) is 5.33. The molecular formula is C24H44O3. The highest BCUT2D eigenvalue weighted by atomic mass is 16.6. The van der Waals surface area contributed by atoms with E-state index in [4.69, 9.17) is 9.47 Å². The number of carbonyl (C=O) groups excluding carboxylic acids is 1. The minimum atomic E-state index is -0.00951. The number of hydrogen-bond acceptors (Lipinski definition) is 3. The molecule has 0 saturated carbocycles. The molecule has 3 heteroatoms. The summed E-state index contributed by atoms with van der Waals surface area (Å²) in [5, 5.41) is 0. The molecule has 1 rings (SSSR count). The van der Waals surface area contributed by atoms with Gasteiger partial charge in [-0.05, 0) is 38.5 Å². The monoisotopic (exact) mass is 380 g/mol. The van der Waals surface area contributed by atoms with Crippen LogP contribution in [0.3, 0.4) is 0 Å². The molecule has 3 nitrogen and oxygen atoms in total. The number of esters is 1. The molecule has 0 amide bonds. The quantitative estimate of drug-likeness (QED) is 0.103. The van der Waals surface area contributed by atoms with Gasteiger partial charge in [0.05, 0.1) is 18.8 Å². The molecule has 1 saturated heterocycles. The summed E-state index contributed by atoms with van der Waals surface area (Å²) in [6.07, 6.45) is 24.2. The third-order valence-electron chi connectivity index (χ3n) is 5.33. The molecule has 2 atom stereocenters. The van der Waals surface area contributed by atoms with E-state index in [-0.39, 0.29) is 5.97 Å².